The zero-order chi connectivity index (χ0) is 13.9. The first kappa shape index (κ1) is 13.6. The van der Waals surface area contributed by atoms with Crippen LogP contribution in [-0.4, -0.2) is 35.7 Å². The minimum atomic E-state index is -0.932. The van der Waals surface area contributed by atoms with Gasteiger partial charge in [0.25, 0.3) is 5.91 Å². The average molecular weight is 267 g/mol. The van der Waals surface area contributed by atoms with Crippen LogP contribution in [0.4, 0.5) is 0 Å². The molecular weight excluding hydrogens is 250 g/mol. The van der Waals surface area contributed by atoms with Crippen molar-refractivity contribution in [1.82, 2.24) is 5.32 Å². The Labute approximate surface area is 110 Å². The number of carbonyl (C=O) groups excluding carboxylic acids is 1. The summed E-state index contributed by atoms with van der Waals surface area (Å²) in [5, 5.41) is 11.8. The van der Waals surface area contributed by atoms with Gasteiger partial charge < -0.3 is 19.6 Å². The highest BCUT2D eigenvalue weighted by atomic mass is 16.5. The Kier molecular flexibility index (Phi) is 3.90. The van der Waals surface area contributed by atoms with Crippen LogP contribution < -0.4 is 5.32 Å². The van der Waals surface area contributed by atoms with E-state index in [0.717, 1.165) is 5.56 Å². The number of hydrogen-bond acceptors (Lipinski definition) is 4. The minimum absolute atomic E-state index is 0.109. The van der Waals surface area contributed by atoms with Gasteiger partial charge in [-0.05, 0) is 25.8 Å². The SMILES string of the molecule is Cc1ccoc1C(=O)NC1(CC(=O)O)CCOCC1. The summed E-state index contributed by atoms with van der Waals surface area (Å²) in [5.74, 6) is -1.07. The third kappa shape index (κ3) is 3.14. The fourth-order valence-corrected chi connectivity index (χ4v) is 2.30. The molecule has 2 N–H and O–H groups in total. The van der Waals surface area contributed by atoms with Crippen molar-refractivity contribution in [2.24, 2.45) is 0 Å². The zero-order valence-corrected chi connectivity index (χ0v) is 10.8. The molecule has 6 heteroatoms. The highest BCUT2D eigenvalue weighted by Gasteiger charge is 2.37. The second-order valence-corrected chi connectivity index (χ2v) is 4.85. The van der Waals surface area contributed by atoms with Crippen LogP contribution in [0.15, 0.2) is 16.7 Å². The lowest BCUT2D eigenvalue weighted by molar-refractivity contribution is -0.139. The summed E-state index contributed by atoms with van der Waals surface area (Å²) >= 11 is 0. The van der Waals surface area contributed by atoms with E-state index in [0.29, 0.717) is 26.1 Å². The maximum atomic E-state index is 12.1. The van der Waals surface area contributed by atoms with Crippen LogP contribution in [-0.2, 0) is 9.53 Å². The normalized spacial score (nSPS) is 17.9. The van der Waals surface area contributed by atoms with Gasteiger partial charge >= 0.3 is 5.97 Å². The molecule has 2 heterocycles. The highest BCUT2D eigenvalue weighted by molar-refractivity contribution is 5.93. The predicted molar refractivity (Wildman–Crippen MR) is 65.9 cm³/mol. The van der Waals surface area contributed by atoms with E-state index >= 15 is 0 Å². The Hall–Kier alpha value is -1.82. The van der Waals surface area contributed by atoms with E-state index in [-0.39, 0.29) is 18.1 Å². The van der Waals surface area contributed by atoms with Crippen LogP contribution in [0, 0.1) is 6.92 Å². The smallest absolute Gasteiger partial charge is 0.305 e. The van der Waals surface area contributed by atoms with E-state index in [9.17, 15) is 9.59 Å². The molecule has 19 heavy (non-hydrogen) atoms. The van der Waals surface area contributed by atoms with Crippen LogP contribution in [0.1, 0.15) is 35.4 Å². The van der Waals surface area contributed by atoms with Crippen molar-refractivity contribution < 1.29 is 23.8 Å². The van der Waals surface area contributed by atoms with Crippen molar-refractivity contribution in [2.45, 2.75) is 31.7 Å². The third-order valence-corrected chi connectivity index (χ3v) is 3.39. The molecule has 1 saturated heterocycles. The Morgan fingerprint density at radius 3 is 2.63 bits per heavy atom. The summed E-state index contributed by atoms with van der Waals surface area (Å²) in [5.41, 5.74) is -0.0181. The van der Waals surface area contributed by atoms with Gasteiger partial charge in [-0.25, -0.2) is 0 Å². The molecule has 0 spiro atoms. The van der Waals surface area contributed by atoms with Crippen molar-refractivity contribution >= 4 is 11.9 Å². The van der Waals surface area contributed by atoms with Crippen LogP contribution in [0.3, 0.4) is 0 Å². The Balaban J connectivity index is 2.14. The van der Waals surface area contributed by atoms with Gasteiger partial charge in [0.15, 0.2) is 5.76 Å². The predicted octanol–water partition coefficient (Wildman–Crippen LogP) is 1.34. The molecule has 0 aromatic carbocycles. The van der Waals surface area contributed by atoms with Gasteiger partial charge in [-0.2, -0.15) is 0 Å². The van der Waals surface area contributed by atoms with E-state index in [2.05, 4.69) is 5.32 Å². The summed E-state index contributed by atoms with van der Waals surface area (Å²) in [4.78, 5) is 23.1. The number of aryl methyl sites for hydroxylation is 1. The van der Waals surface area contributed by atoms with Gasteiger partial charge in [-0.15, -0.1) is 0 Å². The number of rotatable bonds is 4. The first-order chi connectivity index (χ1) is 9.02. The van der Waals surface area contributed by atoms with Crippen LogP contribution in [0.2, 0.25) is 0 Å². The van der Waals surface area contributed by atoms with Gasteiger partial charge in [0.05, 0.1) is 18.2 Å². The van der Waals surface area contributed by atoms with E-state index in [1.807, 2.05) is 0 Å². The van der Waals surface area contributed by atoms with Crippen molar-refractivity contribution in [3.05, 3.63) is 23.7 Å². The topological polar surface area (TPSA) is 88.8 Å². The Morgan fingerprint density at radius 1 is 1.42 bits per heavy atom. The second-order valence-electron chi connectivity index (χ2n) is 4.85. The van der Waals surface area contributed by atoms with E-state index in [1.54, 1.807) is 13.0 Å². The Morgan fingerprint density at radius 2 is 2.11 bits per heavy atom. The molecule has 1 aliphatic rings. The minimum Gasteiger partial charge on any atom is -0.481 e. The fourth-order valence-electron chi connectivity index (χ4n) is 2.30. The molecule has 1 aliphatic heterocycles. The van der Waals surface area contributed by atoms with Crippen LogP contribution in [0.25, 0.3) is 0 Å². The lowest BCUT2D eigenvalue weighted by Crippen LogP contribution is -2.53. The zero-order valence-electron chi connectivity index (χ0n) is 10.8. The summed E-state index contributed by atoms with van der Waals surface area (Å²) < 4.78 is 10.4. The third-order valence-electron chi connectivity index (χ3n) is 3.39. The Bertz CT molecular complexity index is 473. The molecule has 6 nitrogen and oxygen atoms in total. The molecule has 1 amide bonds. The highest BCUT2D eigenvalue weighted by Crippen LogP contribution is 2.25. The fraction of sp³-hybridized carbons (Fsp3) is 0.538. The molecule has 104 valence electrons. The maximum absolute atomic E-state index is 12.1. The van der Waals surface area contributed by atoms with Gasteiger partial charge in [0, 0.05) is 18.8 Å². The first-order valence-corrected chi connectivity index (χ1v) is 6.19. The number of amides is 1. The molecule has 0 radical (unpaired) electrons. The number of nitrogens with one attached hydrogen (secondary N) is 1. The molecule has 0 aliphatic carbocycles. The summed E-state index contributed by atoms with van der Waals surface area (Å²) in [6.07, 6.45) is 2.32. The van der Waals surface area contributed by atoms with Gasteiger partial charge in [0.1, 0.15) is 0 Å². The van der Waals surface area contributed by atoms with E-state index < -0.39 is 11.5 Å². The molecule has 0 unspecified atom stereocenters. The number of carbonyl (C=O) groups is 2. The first-order valence-electron chi connectivity index (χ1n) is 6.19. The largest absolute Gasteiger partial charge is 0.481 e. The maximum Gasteiger partial charge on any atom is 0.305 e. The molecule has 2 rings (SSSR count). The van der Waals surface area contributed by atoms with Crippen molar-refractivity contribution in [2.75, 3.05) is 13.2 Å². The van der Waals surface area contributed by atoms with Crippen molar-refractivity contribution in [1.29, 1.82) is 0 Å². The van der Waals surface area contributed by atoms with Gasteiger partial charge in [0.2, 0.25) is 0 Å². The van der Waals surface area contributed by atoms with Crippen LogP contribution in [0.5, 0.6) is 0 Å². The molecular formula is C13H17NO5. The summed E-state index contributed by atoms with van der Waals surface area (Å²) in [6, 6.07) is 1.70. The standard InChI is InChI=1S/C13H17NO5/c1-9-2-5-19-11(9)12(17)14-13(8-10(15)16)3-6-18-7-4-13/h2,5H,3-4,6-8H2,1H3,(H,14,17)(H,15,16). The molecule has 0 saturated carbocycles. The number of carboxylic acids is 1. The lowest BCUT2D eigenvalue weighted by Gasteiger charge is -2.36. The number of aliphatic carboxylic acids is 1. The number of carboxylic acid groups (broad SMARTS) is 1. The number of ether oxygens (including phenoxy) is 1. The van der Waals surface area contributed by atoms with E-state index in [4.69, 9.17) is 14.3 Å². The molecule has 1 aromatic rings. The average Bonchev–Trinajstić information content (AvgIpc) is 2.75. The number of furan rings is 1. The summed E-state index contributed by atoms with van der Waals surface area (Å²) in [6.45, 7) is 2.67. The van der Waals surface area contributed by atoms with Crippen molar-refractivity contribution in [3.8, 4) is 0 Å². The number of hydrogen-bond donors (Lipinski definition) is 2. The quantitative estimate of drug-likeness (QED) is 0.859. The van der Waals surface area contributed by atoms with E-state index in [1.165, 1.54) is 6.26 Å². The van der Waals surface area contributed by atoms with Crippen molar-refractivity contribution in [3.63, 3.8) is 0 Å². The second kappa shape index (κ2) is 5.44. The summed E-state index contributed by atoms with van der Waals surface area (Å²) in [7, 11) is 0. The van der Waals surface area contributed by atoms with Gasteiger partial charge in [-0.1, -0.05) is 0 Å². The lowest BCUT2D eigenvalue weighted by atomic mass is 9.86. The molecule has 0 atom stereocenters. The van der Waals surface area contributed by atoms with Crippen LogP contribution >= 0.6 is 0 Å². The molecule has 1 fully saturated rings. The molecule has 1 aromatic heterocycles. The molecule has 0 bridgehead atoms. The van der Waals surface area contributed by atoms with Gasteiger partial charge in [-0.3, -0.25) is 9.59 Å². The monoisotopic (exact) mass is 267 g/mol.